The van der Waals surface area contributed by atoms with Gasteiger partial charge in [0.1, 0.15) is 0 Å². The maximum Gasteiger partial charge on any atom is 0.267 e. The average Bonchev–Trinajstić information content (AvgIpc) is 3.05. The number of fused-ring (bicyclic) bond motifs is 3. The number of nitrogens with zero attached hydrogens (tertiary/aromatic N) is 2. The van der Waals surface area contributed by atoms with E-state index in [0.717, 1.165) is 10.0 Å². The second-order valence-corrected chi connectivity index (χ2v) is 8.00. The van der Waals surface area contributed by atoms with Gasteiger partial charge in [-0.2, -0.15) is 0 Å². The van der Waals surface area contributed by atoms with Crippen LogP contribution in [0, 0.1) is 0 Å². The van der Waals surface area contributed by atoms with E-state index in [1.54, 1.807) is 31.3 Å². The summed E-state index contributed by atoms with van der Waals surface area (Å²) in [5, 5.41) is 3.01. The molecule has 2 unspecified atom stereocenters. The van der Waals surface area contributed by atoms with Crippen molar-refractivity contribution in [3.8, 4) is 0 Å². The summed E-state index contributed by atoms with van der Waals surface area (Å²) in [5.74, 6) is -0.771. The van der Waals surface area contributed by atoms with Gasteiger partial charge in [0, 0.05) is 24.4 Å². The molecule has 3 amide bonds. The van der Waals surface area contributed by atoms with E-state index in [4.69, 9.17) is 0 Å². The zero-order valence-electron chi connectivity index (χ0n) is 15.6. The molecule has 6 nitrogen and oxygen atoms in total. The number of para-hydroxylation sites is 1. The number of halogens is 1. The van der Waals surface area contributed by atoms with E-state index < -0.39 is 5.66 Å². The quantitative estimate of drug-likeness (QED) is 0.794. The Morgan fingerprint density at radius 1 is 1.14 bits per heavy atom. The molecule has 2 aliphatic rings. The summed E-state index contributed by atoms with van der Waals surface area (Å²) in [6.45, 7) is 1.88. The highest BCUT2D eigenvalue weighted by Gasteiger charge is 2.59. The van der Waals surface area contributed by atoms with Gasteiger partial charge in [0.05, 0.1) is 17.3 Å². The van der Waals surface area contributed by atoms with Gasteiger partial charge in [-0.25, -0.2) is 0 Å². The second-order valence-electron chi connectivity index (χ2n) is 7.14. The molecule has 2 aromatic carbocycles. The third-order valence-electron chi connectivity index (χ3n) is 5.62. The number of carbonyl (C=O) groups excluding carboxylic acids is 3. The first-order valence-electron chi connectivity index (χ1n) is 9.13. The molecule has 2 aliphatic heterocycles. The van der Waals surface area contributed by atoms with Crippen LogP contribution in [0.25, 0.3) is 0 Å². The van der Waals surface area contributed by atoms with Gasteiger partial charge in [-0.3, -0.25) is 19.3 Å². The number of anilines is 1. The van der Waals surface area contributed by atoms with Gasteiger partial charge < -0.3 is 10.2 Å². The van der Waals surface area contributed by atoms with Gasteiger partial charge in [0.15, 0.2) is 0 Å². The molecule has 4 rings (SSSR count). The van der Waals surface area contributed by atoms with Crippen LogP contribution in [0.1, 0.15) is 41.7 Å². The monoisotopic (exact) mass is 441 g/mol. The number of amides is 3. The predicted molar refractivity (Wildman–Crippen MR) is 109 cm³/mol. The molecule has 2 aromatic rings. The molecule has 0 bridgehead atoms. The number of benzene rings is 2. The van der Waals surface area contributed by atoms with Crippen LogP contribution in [0.15, 0.2) is 53.0 Å². The maximum absolute atomic E-state index is 13.5. The van der Waals surface area contributed by atoms with E-state index >= 15 is 0 Å². The molecule has 28 heavy (non-hydrogen) atoms. The summed E-state index contributed by atoms with van der Waals surface area (Å²) in [5.41, 5.74) is 0.505. The van der Waals surface area contributed by atoms with E-state index in [-0.39, 0.29) is 36.6 Å². The van der Waals surface area contributed by atoms with Gasteiger partial charge in [-0.1, -0.05) is 46.3 Å². The zero-order chi connectivity index (χ0) is 20.1. The molecule has 1 N–H and O–H groups in total. The second kappa shape index (κ2) is 6.74. The molecule has 2 atom stereocenters. The van der Waals surface area contributed by atoms with Crippen LogP contribution in [-0.2, 0) is 9.59 Å². The van der Waals surface area contributed by atoms with Crippen LogP contribution in [-0.4, -0.2) is 35.3 Å². The van der Waals surface area contributed by atoms with Crippen molar-refractivity contribution in [2.75, 3.05) is 11.9 Å². The van der Waals surface area contributed by atoms with Crippen LogP contribution in [0.3, 0.4) is 0 Å². The van der Waals surface area contributed by atoms with Crippen molar-refractivity contribution >= 4 is 39.3 Å². The lowest BCUT2D eigenvalue weighted by Gasteiger charge is -2.47. The molecule has 1 fully saturated rings. The van der Waals surface area contributed by atoms with E-state index in [0.29, 0.717) is 11.3 Å². The first-order valence-corrected chi connectivity index (χ1v) is 9.93. The Hall–Kier alpha value is -2.67. The zero-order valence-corrected chi connectivity index (χ0v) is 17.2. The molecular weight excluding hydrogens is 422 g/mol. The largest absolute Gasteiger partial charge is 0.346 e. The minimum Gasteiger partial charge on any atom is -0.346 e. The Balaban J connectivity index is 1.75. The molecule has 0 aromatic heterocycles. The van der Waals surface area contributed by atoms with Crippen LogP contribution in [0.4, 0.5) is 5.69 Å². The summed E-state index contributed by atoms with van der Waals surface area (Å²) in [6.07, 6.45) is 0.472. The smallest absolute Gasteiger partial charge is 0.267 e. The number of likely N-dealkylation sites (N-methyl/N-ethyl adjacent to an activating group) is 1. The first kappa shape index (κ1) is 18.7. The lowest BCUT2D eigenvalue weighted by atomic mass is 9.95. The molecule has 1 saturated heterocycles. The van der Waals surface area contributed by atoms with Gasteiger partial charge in [-0.05, 0) is 30.7 Å². The van der Waals surface area contributed by atoms with E-state index in [1.165, 1.54) is 9.80 Å². The molecule has 0 saturated carbocycles. The van der Waals surface area contributed by atoms with Gasteiger partial charge in [-0.15, -0.1) is 0 Å². The van der Waals surface area contributed by atoms with Crippen molar-refractivity contribution in [1.29, 1.82) is 0 Å². The standard InChI is InChI=1S/C21H20BrN3O3/c1-13(14-7-3-5-9-16(14)22)23-20(28)21-12-11-18(26)25(21)17-10-6-4-8-15(17)19(27)24(21)2/h3-10,13H,11-12H2,1-2H3,(H,23,28). The Labute approximate surface area is 171 Å². The van der Waals surface area contributed by atoms with Crippen LogP contribution in [0.2, 0.25) is 0 Å². The minimum atomic E-state index is -1.35. The summed E-state index contributed by atoms with van der Waals surface area (Å²) in [6, 6.07) is 14.3. The first-order chi connectivity index (χ1) is 13.4. The lowest BCUT2D eigenvalue weighted by Crippen LogP contribution is -2.69. The van der Waals surface area contributed by atoms with Crippen LogP contribution < -0.4 is 10.2 Å². The van der Waals surface area contributed by atoms with Crippen molar-refractivity contribution in [3.63, 3.8) is 0 Å². The Morgan fingerprint density at radius 3 is 2.57 bits per heavy atom. The van der Waals surface area contributed by atoms with Crippen LogP contribution in [0.5, 0.6) is 0 Å². The number of carbonyl (C=O) groups is 3. The Kier molecular flexibility index (Phi) is 4.50. The van der Waals surface area contributed by atoms with Gasteiger partial charge >= 0.3 is 0 Å². The van der Waals surface area contributed by atoms with Gasteiger partial charge in [0.25, 0.3) is 11.8 Å². The van der Waals surface area contributed by atoms with Gasteiger partial charge in [0.2, 0.25) is 11.6 Å². The topological polar surface area (TPSA) is 69.7 Å². The maximum atomic E-state index is 13.5. The molecular formula is C21H20BrN3O3. The molecule has 0 aliphatic carbocycles. The summed E-state index contributed by atoms with van der Waals surface area (Å²) in [7, 11) is 1.59. The van der Waals surface area contributed by atoms with Crippen molar-refractivity contribution in [3.05, 3.63) is 64.1 Å². The molecule has 0 spiro atoms. The molecule has 2 heterocycles. The van der Waals surface area contributed by atoms with E-state index in [9.17, 15) is 14.4 Å². The number of hydrogen-bond acceptors (Lipinski definition) is 3. The Morgan fingerprint density at radius 2 is 1.82 bits per heavy atom. The summed E-state index contributed by atoms with van der Waals surface area (Å²) in [4.78, 5) is 42.1. The SMILES string of the molecule is CC(NC(=O)C12CCC(=O)N1c1ccccc1C(=O)N2C)c1ccccc1Br. The minimum absolute atomic E-state index is 0.157. The number of rotatable bonds is 3. The fourth-order valence-electron chi connectivity index (χ4n) is 4.14. The van der Waals surface area contributed by atoms with Crippen molar-refractivity contribution in [2.45, 2.75) is 31.5 Å². The third-order valence-corrected chi connectivity index (χ3v) is 6.35. The fraction of sp³-hybridized carbons (Fsp3) is 0.286. The fourth-order valence-corrected chi connectivity index (χ4v) is 4.77. The molecule has 0 radical (unpaired) electrons. The third kappa shape index (κ3) is 2.57. The lowest BCUT2D eigenvalue weighted by molar-refractivity contribution is -0.133. The average molecular weight is 442 g/mol. The van der Waals surface area contributed by atoms with E-state index in [1.807, 2.05) is 31.2 Å². The number of hydrogen-bond donors (Lipinski definition) is 1. The van der Waals surface area contributed by atoms with Crippen molar-refractivity contribution < 1.29 is 14.4 Å². The summed E-state index contributed by atoms with van der Waals surface area (Å²) >= 11 is 3.51. The predicted octanol–water partition coefficient (Wildman–Crippen LogP) is 3.24. The highest BCUT2D eigenvalue weighted by Crippen LogP contribution is 2.44. The van der Waals surface area contributed by atoms with Crippen LogP contribution >= 0.6 is 15.9 Å². The van der Waals surface area contributed by atoms with Crippen molar-refractivity contribution in [2.24, 2.45) is 0 Å². The molecule has 7 heteroatoms. The Bertz CT molecular complexity index is 992. The molecule has 144 valence electrons. The highest BCUT2D eigenvalue weighted by molar-refractivity contribution is 9.10. The summed E-state index contributed by atoms with van der Waals surface area (Å²) < 4.78 is 0.887. The van der Waals surface area contributed by atoms with E-state index in [2.05, 4.69) is 21.2 Å². The number of nitrogens with one attached hydrogen (secondary N) is 1. The van der Waals surface area contributed by atoms with Crippen molar-refractivity contribution in [1.82, 2.24) is 10.2 Å². The highest BCUT2D eigenvalue weighted by atomic mass is 79.9. The normalized spacial score (nSPS) is 22.0.